The molecule has 0 radical (unpaired) electrons. The second kappa shape index (κ2) is 5.60. The van der Waals surface area contributed by atoms with Crippen molar-refractivity contribution in [1.29, 1.82) is 0 Å². The highest BCUT2D eigenvalue weighted by atomic mass is 16.2. The standard InChI is InChI=1S/C18H20N2O/c1-13-6-5-7-15(10-13)19-18(21)12-20-11-14(2)16-8-3-4-9-17(16)20/h3-10,14H,11-12H2,1-2H3,(H,19,21). The quantitative estimate of drug-likeness (QED) is 0.932. The molecule has 3 nitrogen and oxygen atoms in total. The lowest BCUT2D eigenvalue weighted by Gasteiger charge is -2.19. The van der Waals surface area contributed by atoms with Crippen LogP contribution in [-0.2, 0) is 4.79 Å². The van der Waals surface area contributed by atoms with Crippen molar-refractivity contribution in [3.63, 3.8) is 0 Å². The lowest BCUT2D eigenvalue weighted by molar-refractivity contribution is -0.115. The van der Waals surface area contributed by atoms with Crippen LogP contribution in [-0.4, -0.2) is 19.0 Å². The molecule has 2 aromatic rings. The van der Waals surface area contributed by atoms with Crippen molar-refractivity contribution >= 4 is 17.3 Å². The van der Waals surface area contributed by atoms with E-state index in [0.717, 1.165) is 17.8 Å². The van der Waals surface area contributed by atoms with Crippen LogP contribution in [0.4, 0.5) is 11.4 Å². The van der Waals surface area contributed by atoms with Crippen molar-refractivity contribution in [2.75, 3.05) is 23.3 Å². The molecule has 0 spiro atoms. The van der Waals surface area contributed by atoms with Crippen molar-refractivity contribution in [3.05, 3.63) is 59.7 Å². The Kier molecular flexibility index (Phi) is 3.65. The fourth-order valence-electron chi connectivity index (χ4n) is 2.97. The van der Waals surface area contributed by atoms with Crippen molar-refractivity contribution < 1.29 is 4.79 Å². The summed E-state index contributed by atoms with van der Waals surface area (Å²) in [6.07, 6.45) is 0. The van der Waals surface area contributed by atoms with Gasteiger partial charge >= 0.3 is 0 Å². The van der Waals surface area contributed by atoms with E-state index >= 15 is 0 Å². The Labute approximate surface area is 125 Å². The molecule has 0 saturated heterocycles. The molecule has 0 aliphatic carbocycles. The predicted molar refractivity (Wildman–Crippen MR) is 86.9 cm³/mol. The Bertz CT molecular complexity index is 666. The van der Waals surface area contributed by atoms with Gasteiger partial charge in [-0.05, 0) is 36.2 Å². The Balaban J connectivity index is 1.69. The Morgan fingerprint density at radius 2 is 2.05 bits per heavy atom. The predicted octanol–water partition coefficient (Wildman–Crippen LogP) is 3.56. The van der Waals surface area contributed by atoms with Crippen molar-refractivity contribution in [1.82, 2.24) is 0 Å². The van der Waals surface area contributed by atoms with Crippen LogP contribution in [0.15, 0.2) is 48.5 Å². The van der Waals surface area contributed by atoms with Gasteiger partial charge in [-0.15, -0.1) is 0 Å². The maximum atomic E-state index is 12.2. The van der Waals surface area contributed by atoms with Crippen LogP contribution in [0.2, 0.25) is 0 Å². The second-order valence-corrected chi connectivity index (χ2v) is 5.76. The minimum Gasteiger partial charge on any atom is -0.361 e. The smallest absolute Gasteiger partial charge is 0.243 e. The van der Waals surface area contributed by atoms with E-state index in [2.05, 4.69) is 35.3 Å². The van der Waals surface area contributed by atoms with Crippen molar-refractivity contribution in [2.24, 2.45) is 0 Å². The average molecular weight is 280 g/mol. The van der Waals surface area contributed by atoms with Gasteiger partial charge < -0.3 is 10.2 Å². The van der Waals surface area contributed by atoms with Crippen LogP contribution >= 0.6 is 0 Å². The van der Waals surface area contributed by atoms with Gasteiger partial charge in [-0.3, -0.25) is 4.79 Å². The highest BCUT2D eigenvalue weighted by molar-refractivity contribution is 5.94. The molecular formula is C18H20N2O. The van der Waals surface area contributed by atoms with Crippen LogP contribution < -0.4 is 10.2 Å². The van der Waals surface area contributed by atoms with Gasteiger partial charge in [-0.1, -0.05) is 37.3 Å². The minimum atomic E-state index is 0.0319. The molecule has 1 unspecified atom stereocenters. The number of nitrogens with one attached hydrogen (secondary N) is 1. The van der Waals surface area contributed by atoms with Crippen LogP contribution in [0.3, 0.4) is 0 Å². The lowest BCUT2D eigenvalue weighted by Crippen LogP contribution is -2.32. The van der Waals surface area contributed by atoms with Gasteiger partial charge in [0.05, 0.1) is 6.54 Å². The van der Waals surface area contributed by atoms with E-state index in [1.54, 1.807) is 0 Å². The number of nitrogens with zero attached hydrogens (tertiary/aromatic N) is 1. The molecule has 0 bridgehead atoms. The van der Waals surface area contributed by atoms with E-state index in [-0.39, 0.29) is 5.91 Å². The Morgan fingerprint density at radius 3 is 2.86 bits per heavy atom. The summed E-state index contributed by atoms with van der Waals surface area (Å²) in [6.45, 7) is 5.53. The first-order valence-electron chi connectivity index (χ1n) is 7.34. The summed E-state index contributed by atoms with van der Waals surface area (Å²) in [7, 11) is 0. The number of carbonyl (C=O) groups is 1. The van der Waals surface area contributed by atoms with Gasteiger partial charge in [-0.2, -0.15) is 0 Å². The fourth-order valence-corrected chi connectivity index (χ4v) is 2.97. The van der Waals surface area contributed by atoms with Crippen molar-refractivity contribution in [2.45, 2.75) is 19.8 Å². The Hall–Kier alpha value is -2.29. The normalized spacial score (nSPS) is 16.7. The number of hydrogen-bond acceptors (Lipinski definition) is 2. The number of para-hydroxylation sites is 1. The molecule has 108 valence electrons. The number of hydrogen-bond donors (Lipinski definition) is 1. The minimum absolute atomic E-state index is 0.0319. The highest BCUT2D eigenvalue weighted by Gasteiger charge is 2.26. The van der Waals surface area contributed by atoms with Gasteiger partial charge in [0.2, 0.25) is 5.91 Å². The number of carbonyl (C=O) groups excluding carboxylic acids is 1. The summed E-state index contributed by atoms with van der Waals surface area (Å²) in [5, 5.41) is 2.97. The zero-order valence-electron chi connectivity index (χ0n) is 12.5. The third kappa shape index (κ3) is 2.92. The van der Waals surface area contributed by atoms with Crippen LogP contribution in [0.5, 0.6) is 0 Å². The zero-order valence-corrected chi connectivity index (χ0v) is 12.5. The summed E-state index contributed by atoms with van der Waals surface area (Å²) in [4.78, 5) is 14.4. The molecule has 1 aliphatic heterocycles. The number of benzene rings is 2. The third-order valence-corrected chi connectivity index (χ3v) is 3.94. The van der Waals surface area contributed by atoms with E-state index in [0.29, 0.717) is 12.5 Å². The molecule has 1 aliphatic rings. The molecule has 1 N–H and O–H groups in total. The summed E-state index contributed by atoms with van der Waals surface area (Å²) in [5.74, 6) is 0.512. The molecule has 3 rings (SSSR count). The SMILES string of the molecule is Cc1cccc(NC(=O)CN2CC(C)c3ccccc32)c1. The second-order valence-electron chi connectivity index (χ2n) is 5.76. The number of rotatable bonds is 3. The van der Waals surface area contributed by atoms with E-state index in [1.165, 1.54) is 11.3 Å². The highest BCUT2D eigenvalue weighted by Crippen LogP contribution is 2.35. The zero-order chi connectivity index (χ0) is 14.8. The largest absolute Gasteiger partial charge is 0.361 e. The van der Waals surface area contributed by atoms with Crippen LogP contribution in [0.1, 0.15) is 24.0 Å². The molecule has 2 aromatic carbocycles. The van der Waals surface area contributed by atoms with E-state index in [1.807, 2.05) is 37.3 Å². The number of fused-ring (bicyclic) bond motifs is 1. The molecule has 1 heterocycles. The summed E-state index contributed by atoms with van der Waals surface area (Å²) in [6, 6.07) is 16.2. The van der Waals surface area contributed by atoms with E-state index < -0.39 is 0 Å². The lowest BCUT2D eigenvalue weighted by atomic mass is 10.0. The van der Waals surface area contributed by atoms with Gasteiger partial charge in [0, 0.05) is 23.8 Å². The number of amides is 1. The molecule has 3 heteroatoms. The van der Waals surface area contributed by atoms with Crippen molar-refractivity contribution in [3.8, 4) is 0 Å². The van der Waals surface area contributed by atoms with Gasteiger partial charge in [0.15, 0.2) is 0 Å². The van der Waals surface area contributed by atoms with Gasteiger partial charge in [0.1, 0.15) is 0 Å². The molecule has 0 aromatic heterocycles. The van der Waals surface area contributed by atoms with E-state index in [9.17, 15) is 4.79 Å². The summed E-state index contributed by atoms with van der Waals surface area (Å²) < 4.78 is 0. The third-order valence-electron chi connectivity index (χ3n) is 3.94. The fraction of sp³-hybridized carbons (Fsp3) is 0.278. The topological polar surface area (TPSA) is 32.3 Å². The maximum absolute atomic E-state index is 12.2. The maximum Gasteiger partial charge on any atom is 0.243 e. The number of aryl methyl sites for hydroxylation is 1. The van der Waals surface area contributed by atoms with E-state index in [4.69, 9.17) is 0 Å². The van der Waals surface area contributed by atoms with Gasteiger partial charge in [0.25, 0.3) is 0 Å². The van der Waals surface area contributed by atoms with Crippen LogP contribution in [0.25, 0.3) is 0 Å². The molecular weight excluding hydrogens is 260 g/mol. The Morgan fingerprint density at radius 1 is 1.24 bits per heavy atom. The molecule has 0 fully saturated rings. The van der Waals surface area contributed by atoms with Gasteiger partial charge in [-0.25, -0.2) is 0 Å². The first kappa shape index (κ1) is 13.7. The first-order valence-corrected chi connectivity index (χ1v) is 7.34. The average Bonchev–Trinajstić information content (AvgIpc) is 2.76. The molecule has 0 saturated carbocycles. The number of anilines is 2. The first-order chi connectivity index (χ1) is 10.1. The van der Waals surface area contributed by atoms with Crippen LogP contribution in [0, 0.1) is 6.92 Å². The summed E-state index contributed by atoms with van der Waals surface area (Å²) in [5.41, 5.74) is 4.53. The molecule has 1 atom stereocenters. The molecule has 1 amide bonds. The molecule has 21 heavy (non-hydrogen) atoms. The monoisotopic (exact) mass is 280 g/mol. The summed E-state index contributed by atoms with van der Waals surface area (Å²) >= 11 is 0.